The van der Waals surface area contributed by atoms with Gasteiger partial charge in [0.1, 0.15) is 0 Å². The normalized spacial score (nSPS) is 19.9. The summed E-state index contributed by atoms with van der Waals surface area (Å²) in [7, 11) is 0. The number of hydrogen-bond acceptors (Lipinski definition) is 1. The van der Waals surface area contributed by atoms with E-state index in [-0.39, 0.29) is 0 Å². The van der Waals surface area contributed by atoms with Crippen LogP contribution in [-0.4, -0.2) is 13.1 Å². The van der Waals surface area contributed by atoms with Gasteiger partial charge in [0, 0.05) is 29.1 Å². The monoisotopic (exact) mass is 315 g/mol. The highest BCUT2D eigenvalue weighted by atomic mass is 79.9. The van der Waals surface area contributed by atoms with Gasteiger partial charge >= 0.3 is 0 Å². The number of halogens is 2. The molecule has 0 amide bonds. The van der Waals surface area contributed by atoms with Gasteiger partial charge in [-0.3, -0.25) is 0 Å². The molecule has 2 rings (SSSR count). The molecule has 1 aromatic carbocycles. The molecule has 1 aliphatic rings. The molecule has 0 saturated carbocycles. The molecule has 1 atom stereocenters. The van der Waals surface area contributed by atoms with Crippen LogP contribution in [0, 0.1) is 5.92 Å². The third-order valence-corrected chi connectivity index (χ3v) is 4.35. The molecule has 1 unspecified atom stereocenters. The van der Waals surface area contributed by atoms with Gasteiger partial charge in [-0.05, 0) is 42.5 Å². The van der Waals surface area contributed by atoms with Crippen molar-refractivity contribution in [1.29, 1.82) is 0 Å². The zero-order chi connectivity index (χ0) is 12.3. The molecule has 1 aliphatic heterocycles. The van der Waals surface area contributed by atoms with Crippen LogP contribution in [-0.2, 0) is 5.33 Å². The maximum atomic E-state index is 6.04. The fourth-order valence-corrected chi connectivity index (χ4v) is 3.31. The highest BCUT2D eigenvalue weighted by Crippen LogP contribution is 2.31. The van der Waals surface area contributed by atoms with Crippen molar-refractivity contribution in [1.82, 2.24) is 0 Å². The second-order valence-electron chi connectivity index (χ2n) is 4.80. The molecule has 0 radical (unpaired) electrons. The highest BCUT2D eigenvalue weighted by molar-refractivity contribution is 9.08. The fourth-order valence-electron chi connectivity index (χ4n) is 2.66. The lowest BCUT2D eigenvalue weighted by atomic mass is 10.0. The zero-order valence-electron chi connectivity index (χ0n) is 10.3. The van der Waals surface area contributed by atoms with Crippen molar-refractivity contribution in [2.45, 2.75) is 31.5 Å². The van der Waals surface area contributed by atoms with Gasteiger partial charge in [-0.15, -0.1) is 0 Å². The molecule has 3 heteroatoms. The molecule has 0 spiro atoms. The summed E-state index contributed by atoms with van der Waals surface area (Å²) >= 11 is 9.59. The van der Waals surface area contributed by atoms with Gasteiger partial charge in [-0.2, -0.15) is 0 Å². The lowest BCUT2D eigenvalue weighted by Gasteiger charge is -2.21. The van der Waals surface area contributed by atoms with E-state index < -0.39 is 0 Å². The summed E-state index contributed by atoms with van der Waals surface area (Å²) in [4.78, 5) is 2.51. The largest absolute Gasteiger partial charge is 0.371 e. The first-order chi connectivity index (χ1) is 8.24. The van der Waals surface area contributed by atoms with Crippen LogP contribution in [0.2, 0.25) is 5.02 Å². The molecule has 0 N–H and O–H groups in total. The fraction of sp³-hybridized carbons (Fsp3) is 0.571. The van der Waals surface area contributed by atoms with Gasteiger partial charge in [0.25, 0.3) is 0 Å². The first-order valence-electron chi connectivity index (χ1n) is 6.34. The summed E-state index contributed by atoms with van der Waals surface area (Å²) in [5, 5.41) is 1.70. The maximum absolute atomic E-state index is 6.04. The van der Waals surface area contributed by atoms with E-state index in [1.54, 1.807) is 0 Å². The summed E-state index contributed by atoms with van der Waals surface area (Å²) in [6, 6.07) is 6.22. The van der Waals surface area contributed by atoms with Crippen molar-refractivity contribution in [3.8, 4) is 0 Å². The first-order valence-corrected chi connectivity index (χ1v) is 7.84. The predicted octanol–water partition coefficient (Wildman–Crippen LogP) is 4.86. The Kier molecular flexibility index (Phi) is 4.75. The van der Waals surface area contributed by atoms with E-state index in [4.69, 9.17) is 11.6 Å². The van der Waals surface area contributed by atoms with Crippen molar-refractivity contribution >= 4 is 33.2 Å². The Hall–Kier alpha value is -0.210. The molecule has 1 aromatic rings. The van der Waals surface area contributed by atoms with Crippen molar-refractivity contribution in [2.24, 2.45) is 5.92 Å². The van der Waals surface area contributed by atoms with Crippen molar-refractivity contribution in [3.05, 3.63) is 28.8 Å². The van der Waals surface area contributed by atoms with Crippen molar-refractivity contribution in [3.63, 3.8) is 0 Å². The summed E-state index contributed by atoms with van der Waals surface area (Å²) in [5.74, 6) is 0.874. The number of nitrogens with zero attached hydrogens (tertiary/aromatic N) is 1. The highest BCUT2D eigenvalue weighted by Gasteiger charge is 2.23. The molecule has 17 heavy (non-hydrogen) atoms. The van der Waals surface area contributed by atoms with E-state index in [0.29, 0.717) is 0 Å². The van der Waals surface area contributed by atoms with Crippen LogP contribution in [0.3, 0.4) is 0 Å². The number of alkyl halides is 1. The molecule has 1 fully saturated rings. The van der Waals surface area contributed by atoms with Crippen molar-refractivity contribution < 1.29 is 0 Å². The molecule has 0 bridgehead atoms. The van der Waals surface area contributed by atoms with E-state index in [1.807, 2.05) is 6.07 Å². The molecule has 94 valence electrons. The minimum Gasteiger partial charge on any atom is -0.371 e. The summed E-state index contributed by atoms with van der Waals surface area (Å²) in [6.45, 7) is 4.66. The van der Waals surface area contributed by atoms with Crippen LogP contribution in [0.5, 0.6) is 0 Å². The van der Waals surface area contributed by atoms with E-state index in [9.17, 15) is 0 Å². The van der Waals surface area contributed by atoms with Gasteiger partial charge < -0.3 is 4.90 Å². The molecule has 0 aliphatic carbocycles. The summed E-state index contributed by atoms with van der Waals surface area (Å²) in [5.41, 5.74) is 2.65. The standard InChI is InChI=1S/C14H19BrClN/c1-2-3-11-6-7-17(10-11)14-5-4-13(16)8-12(14)9-15/h4-5,8,11H,2-3,6-7,9-10H2,1H3. The van der Waals surface area contributed by atoms with Crippen LogP contribution >= 0.6 is 27.5 Å². The number of benzene rings is 1. The third kappa shape index (κ3) is 3.17. The molecular weight excluding hydrogens is 298 g/mol. The number of anilines is 1. The second-order valence-corrected chi connectivity index (χ2v) is 5.79. The molecule has 1 saturated heterocycles. The smallest absolute Gasteiger partial charge is 0.0410 e. The Balaban J connectivity index is 2.12. The lowest BCUT2D eigenvalue weighted by Crippen LogP contribution is -2.20. The topological polar surface area (TPSA) is 3.24 Å². The van der Waals surface area contributed by atoms with Gasteiger partial charge in [0.15, 0.2) is 0 Å². The van der Waals surface area contributed by atoms with Gasteiger partial charge in [0.2, 0.25) is 0 Å². The minimum absolute atomic E-state index is 0.826. The van der Waals surface area contributed by atoms with Gasteiger partial charge in [0.05, 0.1) is 0 Å². The van der Waals surface area contributed by atoms with E-state index in [0.717, 1.165) is 16.3 Å². The van der Waals surface area contributed by atoms with E-state index in [2.05, 4.69) is 39.9 Å². The average molecular weight is 317 g/mol. The molecule has 0 aromatic heterocycles. The summed E-state index contributed by atoms with van der Waals surface area (Å²) < 4.78 is 0. The Bertz CT molecular complexity index is 380. The van der Waals surface area contributed by atoms with Crippen LogP contribution in [0.15, 0.2) is 18.2 Å². The lowest BCUT2D eigenvalue weighted by molar-refractivity contribution is 0.530. The average Bonchev–Trinajstić information content (AvgIpc) is 2.78. The van der Waals surface area contributed by atoms with Gasteiger partial charge in [-0.1, -0.05) is 40.9 Å². The zero-order valence-corrected chi connectivity index (χ0v) is 12.6. The predicted molar refractivity (Wildman–Crippen MR) is 79.3 cm³/mol. The molecular formula is C14H19BrClN. The third-order valence-electron chi connectivity index (χ3n) is 3.51. The van der Waals surface area contributed by atoms with E-state index in [1.165, 1.54) is 43.6 Å². The number of hydrogen-bond donors (Lipinski definition) is 0. The summed E-state index contributed by atoms with van der Waals surface area (Å²) in [6.07, 6.45) is 3.98. The SMILES string of the molecule is CCCC1CCN(c2ccc(Cl)cc2CBr)C1. The van der Waals surface area contributed by atoms with Crippen LogP contribution < -0.4 is 4.90 Å². The Labute approximate surface area is 117 Å². The number of rotatable bonds is 4. The van der Waals surface area contributed by atoms with Gasteiger partial charge in [-0.25, -0.2) is 0 Å². The van der Waals surface area contributed by atoms with Crippen LogP contribution in [0.4, 0.5) is 5.69 Å². The Morgan fingerprint density at radius 2 is 2.29 bits per heavy atom. The minimum atomic E-state index is 0.826. The maximum Gasteiger partial charge on any atom is 0.0410 e. The Morgan fingerprint density at radius 3 is 3.00 bits per heavy atom. The van der Waals surface area contributed by atoms with E-state index >= 15 is 0 Å². The second kappa shape index (κ2) is 6.10. The molecule has 1 nitrogen and oxygen atoms in total. The molecule has 1 heterocycles. The first kappa shape index (κ1) is 13.2. The van der Waals surface area contributed by atoms with Crippen molar-refractivity contribution in [2.75, 3.05) is 18.0 Å². The van der Waals surface area contributed by atoms with Crippen LogP contribution in [0.25, 0.3) is 0 Å². The Morgan fingerprint density at radius 1 is 1.47 bits per heavy atom. The van der Waals surface area contributed by atoms with Crippen LogP contribution in [0.1, 0.15) is 31.7 Å². The quantitative estimate of drug-likeness (QED) is 0.717.